The van der Waals surface area contributed by atoms with Crippen molar-refractivity contribution in [1.82, 2.24) is 0 Å². The summed E-state index contributed by atoms with van der Waals surface area (Å²) in [5.41, 5.74) is 4.72. The highest BCUT2D eigenvalue weighted by Gasteiger charge is 1.94. The molecule has 1 rings (SSSR count). The second-order valence-electron chi connectivity index (χ2n) is 2.04. The maximum Gasteiger partial charge on any atom is 0.0771 e. The van der Waals surface area contributed by atoms with E-state index in [1.165, 1.54) is 0 Å². The Morgan fingerprint density at radius 1 is 1.50 bits per heavy atom. The molecule has 0 N–H and O–H groups in total. The number of hydrogen-bond donors (Lipinski definition) is 0. The van der Waals surface area contributed by atoms with E-state index in [-0.39, 0.29) is 25.4 Å². The molecule has 0 spiro atoms. The minimum absolute atomic E-state index is 0. The van der Waals surface area contributed by atoms with Crippen LogP contribution in [0, 0.1) is 0 Å². The van der Waals surface area contributed by atoms with Gasteiger partial charge in [-0.25, -0.2) is 0 Å². The van der Waals surface area contributed by atoms with E-state index < -0.39 is 0 Å². The van der Waals surface area contributed by atoms with Gasteiger partial charge in [0.25, 0.3) is 0 Å². The number of allylic oxidation sites excluding steroid dienone is 5. The van der Waals surface area contributed by atoms with E-state index in [1.807, 2.05) is 32.1 Å². The van der Waals surface area contributed by atoms with E-state index in [0.717, 1.165) is 11.3 Å². The van der Waals surface area contributed by atoms with Gasteiger partial charge in [-0.05, 0) is 12.8 Å². The molecule has 0 atom stereocenters. The summed E-state index contributed by atoms with van der Waals surface area (Å²) in [7, 11) is 0. The van der Waals surface area contributed by atoms with Crippen LogP contribution in [0.5, 0.6) is 0 Å². The zero-order valence-corrected chi connectivity index (χ0v) is 11.0. The first-order chi connectivity index (χ1) is 6.38. The Morgan fingerprint density at radius 2 is 2.14 bits per heavy atom. The first-order valence-corrected chi connectivity index (χ1v) is 4.31. The van der Waals surface area contributed by atoms with Gasteiger partial charge in [0, 0.05) is 13.1 Å². The molecular weight excluding hydrogens is 285 g/mol. The molecule has 0 aromatic heterocycles. The quantitative estimate of drug-likeness (QED) is 0.410. The first kappa shape index (κ1) is 15.6. The van der Waals surface area contributed by atoms with Crippen LogP contribution >= 0.6 is 24.0 Å². The van der Waals surface area contributed by atoms with Crippen LogP contribution in [0.15, 0.2) is 59.0 Å². The zero-order chi connectivity index (χ0) is 10.1. The molecule has 0 aromatic carbocycles. The van der Waals surface area contributed by atoms with Crippen molar-refractivity contribution in [2.75, 3.05) is 0 Å². The van der Waals surface area contributed by atoms with Crippen LogP contribution in [0.3, 0.4) is 0 Å². The predicted octanol–water partition coefficient (Wildman–Crippen LogP) is 4.30. The third kappa shape index (κ3) is 5.00. The van der Waals surface area contributed by atoms with Gasteiger partial charge >= 0.3 is 0 Å². The predicted molar refractivity (Wildman–Crippen MR) is 77.4 cm³/mol. The maximum atomic E-state index is 3.83. The third-order valence-corrected chi connectivity index (χ3v) is 1.37. The van der Waals surface area contributed by atoms with E-state index in [1.54, 1.807) is 12.2 Å². The van der Waals surface area contributed by atoms with Gasteiger partial charge in [0.2, 0.25) is 0 Å². The molecule has 0 amide bonds. The Kier molecular flexibility index (Phi) is 11.4. The van der Waals surface area contributed by atoms with E-state index in [0.29, 0.717) is 0 Å². The molecule has 0 radical (unpaired) electrons. The molecule has 1 nitrogen and oxygen atoms in total. The molecule has 0 saturated carbocycles. The fraction of sp³-hybridized carbons (Fsp3) is 0.167. The van der Waals surface area contributed by atoms with Crippen LogP contribution in [-0.4, -0.2) is 6.72 Å². The van der Waals surface area contributed by atoms with Gasteiger partial charge in [0.05, 0.1) is 5.70 Å². The van der Waals surface area contributed by atoms with Crippen LogP contribution in [0.25, 0.3) is 0 Å². The van der Waals surface area contributed by atoms with Gasteiger partial charge < -0.3 is 0 Å². The molecule has 1 aliphatic carbocycles. The van der Waals surface area contributed by atoms with E-state index in [4.69, 9.17) is 0 Å². The SMILES string of the molecule is C=CC1=C(N=C)C=C=CC=C1.CC.I.[HH]. The lowest BCUT2D eigenvalue weighted by Crippen LogP contribution is -1.77. The van der Waals surface area contributed by atoms with Gasteiger partial charge in [0.15, 0.2) is 0 Å². The van der Waals surface area contributed by atoms with E-state index in [2.05, 4.69) is 24.0 Å². The fourth-order valence-electron chi connectivity index (χ4n) is 0.813. The molecular formula is C12H18IN. The highest BCUT2D eigenvalue weighted by atomic mass is 127. The molecule has 0 aromatic rings. The Labute approximate surface area is 105 Å². The van der Waals surface area contributed by atoms with E-state index >= 15 is 0 Å². The van der Waals surface area contributed by atoms with E-state index in [9.17, 15) is 0 Å². The lowest BCUT2D eigenvalue weighted by molar-refractivity contribution is 1.39. The molecule has 0 fully saturated rings. The molecule has 0 heterocycles. The topological polar surface area (TPSA) is 12.4 Å². The molecule has 1 aliphatic rings. The molecule has 0 bridgehead atoms. The number of halogens is 1. The van der Waals surface area contributed by atoms with Crippen LogP contribution < -0.4 is 0 Å². The summed E-state index contributed by atoms with van der Waals surface area (Å²) in [6, 6.07) is 0. The zero-order valence-electron chi connectivity index (χ0n) is 8.66. The maximum absolute atomic E-state index is 3.83. The van der Waals surface area contributed by atoms with Gasteiger partial charge in [-0.15, -0.1) is 29.7 Å². The van der Waals surface area contributed by atoms with Crippen molar-refractivity contribution in [2.45, 2.75) is 13.8 Å². The Hall–Kier alpha value is -0.860. The Morgan fingerprint density at radius 3 is 2.64 bits per heavy atom. The van der Waals surface area contributed by atoms with Crippen molar-refractivity contribution < 1.29 is 1.43 Å². The molecule has 78 valence electrons. The van der Waals surface area contributed by atoms with Gasteiger partial charge in [-0.2, -0.15) is 0 Å². The summed E-state index contributed by atoms with van der Waals surface area (Å²) < 4.78 is 0. The number of hydrogen-bond acceptors (Lipinski definition) is 1. The monoisotopic (exact) mass is 303 g/mol. The number of rotatable bonds is 2. The summed E-state index contributed by atoms with van der Waals surface area (Å²) in [4.78, 5) is 3.83. The average molecular weight is 303 g/mol. The van der Waals surface area contributed by atoms with Crippen LogP contribution in [-0.2, 0) is 0 Å². The van der Waals surface area contributed by atoms with Crippen molar-refractivity contribution in [3.63, 3.8) is 0 Å². The number of aliphatic imine (C=N–C) groups is 1. The van der Waals surface area contributed by atoms with Crippen molar-refractivity contribution in [3.05, 3.63) is 54.0 Å². The highest BCUT2D eigenvalue weighted by molar-refractivity contribution is 14.0. The minimum Gasteiger partial charge on any atom is -0.263 e. The molecule has 2 heteroatoms. The molecule has 0 saturated heterocycles. The summed E-state index contributed by atoms with van der Waals surface area (Å²) in [5.74, 6) is 0. The highest BCUT2D eigenvalue weighted by Crippen LogP contribution is 2.11. The van der Waals surface area contributed by atoms with Crippen molar-refractivity contribution in [1.29, 1.82) is 0 Å². The Bertz CT molecular complexity index is 308. The second kappa shape index (κ2) is 10.2. The van der Waals surface area contributed by atoms with Crippen molar-refractivity contribution in [3.8, 4) is 0 Å². The summed E-state index contributed by atoms with van der Waals surface area (Å²) in [6.45, 7) is 11.1. The fourth-order valence-corrected chi connectivity index (χ4v) is 0.813. The minimum atomic E-state index is 0. The van der Waals surface area contributed by atoms with Crippen molar-refractivity contribution >= 4 is 30.7 Å². The van der Waals surface area contributed by atoms with Gasteiger partial charge in [-0.3, -0.25) is 4.99 Å². The molecule has 0 unspecified atom stereocenters. The van der Waals surface area contributed by atoms with Crippen LogP contribution in [0.2, 0.25) is 0 Å². The lowest BCUT2D eigenvalue weighted by atomic mass is 10.2. The van der Waals surface area contributed by atoms with Crippen LogP contribution in [0.1, 0.15) is 15.3 Å². The van der Waals surface area contributed by atoms with Gasteiger partial charge in [-0.1, -0.05) is 38.7 Å². The first-order valence-electron chi connectivity index (χ1n) is 4.31. The third-order valence-electron chi connectivity index (χ3n) is 1.37. The molecule has 14 heavy (non-hydrogen) atoms. The smallest absolute Gasteiger partial charge is 0.0771 e. The standard InChI is InChI=1S/C10H9N.C2H6.HI.H2/c1-3-9-7-5-4-6-8-10(9)11-2;1-2;;/h3-5,7-8H,1-2H2;1-2H3;2*1H. The normalized spacial score (nSPS) is 12.1. The second-order valence-corrected chi connectivity index (χ2v) is 2.04. The number of nitrogens with zero attached hydrogens (tertiary/aromatic N) is 1. The van der Waals surface area contributed by atoms with Crippen molar-refractivity contribution in [2.24, 2.45) is 4.99 Å². The lowest BCUT2D eigenvalue weighted by Gasteiger charge is -1.94. The largest absolute Gasteiger partial charge is 0.263 e. The Balaban J connectivity index is -0.000000339. The summed E-state index contributed by atoms with van der Waals surface area (Å²) in [6.07, 6.45) is 9.17. The summed E-state index contributed by atoms with van der Waals surface area (Å²) in [5, 5.41) is 0. The summed E-state index contributed by atoms with van der Waals surface area (Å²) >= 11 is 0. The van der Waals surface area contributed by atoms with Crippen LogP contribution in [0.4, 0.5) is 0 Å². The van der Waals surface area contributed by atoms with Gasteiger partial charge in [0.1, 0.15) is 0 Å². The molecule has 0 aliphatic heterocycles. The average Bonchev–Trinajstić information content (AvgIpc) is 2.44.